The van der Waals surface area contributed by atoms with Gasteiger partial charge in [0.2, 0.25) is 0 Å². The molecule has 1 aliphatic rings. The van der Waals surface area contributed by atoms with Gasteiger partial charge in [0.25, 0.3) is 0 Å². The first-order valence-corrected chi connectivity index (χ1v) is 8.93. The van der Waals surface area contributed by atoms with Gasteiger partial charge in [-0.25, -0.2) is 9.59 Å². The van der Waals surface area contributed by atoms with Crippen LogP contribution in [0.15, 0.2) is 39.6 Å². The van der Waals surface area contributed by atoms with Gasteiger partial charge in [0.1, 0.15) is 5.60 Å². The Hall–Kier alpha value is -2.57. The number of benzene rings is 1. The minimum atomic E-state index is -0.492. The minimum Gasteiger partial charge on any atom is -0.444 e. The third-order valence-electron chi connectivity index (χ3n) is 4.43. The first-order chi connectivity index (χ1) is 12.3. The first kappa shape index (κ1) is 18.2. The fourth-order valence-corrected chi connectivity index (χ4v) is 3.11. The maximum Gasteiger partial charge on any atom is 0.441 e. The normalized spacial score (nSPS) is 15.9. The maximum absolute atomic E-state index is 12.2. The Morgan fingerprint density at radius 1 is 1.23 bits per heavy atom. The molecule has 0 atom stereocenters. The van der Waals surface area contributed by atoms with E-state index in [-0.39, 0.29) is 12.0 Å². The number of piperidine rings is 1. The Labute approximate surface area is 152 Å². The Kier molecular flexibility index (Phi) is 5.15. The van der Waals surface area contributed by atoms with Crippen molar-refractivity contribution in [2.24, 2.45) is 5.92 Å². The highest BCUT2D eigenvalue weighted by atomic mass is 16.6. The zero-order chi connectivity index (χ0) is 18.7. The van der Waals surface area contributed by atoms with E-state index >= 15 is 0 Å². The van der Waals surface area contributed by atoms with Crippen molar-refractivity contribution >= 4 is 6.09 Å². The van der Waals surface area contributed by atoms with Gasteiger partial charge < -0.3 is 9.64 Å². The van der Waals surface area contributed by atoms with E-state index < -0.39 is 11.4 Å². The molecular weight excluding hydrogens is 334 g/mol. The van der Waals surface area contributed by atoms with Gasteiger partial charge in [-0.2, -0.15) is 0 Å². The molecule has 1 fully saturated rings. The molecule has 0 spiro atoms. The fourth-order valence-electron chi connectivity index (χ4n) is 3.11. The topological polar surface area (TPSA) is 77.6 Å². The van der Waals surface area contributed by atoms with Gasteiger partial charge in [-0.15, -0.1) is 0 Å². The number of aromatic nitrogens is 2. The van der Waals surface area contributed by atoms with Crippen molar-refractivity contribution in [1.29, 1.82) is 0 Å². The molecule has 0 bridgehead atoms. The molecule has 1 amide bonds. The predicted molar refractivity (Wildman–Crippen MR) is 96.7 cm³/mol. The molecule has 140 valence electrons. The van der Waals surface area contributed by atoms with Crippen LogP contribution in [0.25, 0.3) is 11.4 Å². The molecule has 0 saturated carbocycles. The van der Waals surface area contributed by atoms with Crippen LogP contribution in [-0.2, 0) is 11.3 Å². The highest BCUT2D eigenvalue weighted by Gasteiger charge is 2.28. The van der Waals surface area contributed by atoms with Gasteiger partial charge in [0, 0.05) is 25.2 Å². The van der Waals surface area contributed by atoms with Crippen molar-refractivity contribution in [2.75, 3.05) is 13.1 Å². The first-order valence-electron chi connectivity index (χ1n) is 8.93. The van der Waals surface area contributed by atoms with E-state index in [1.807, 2.05) is 51.1 Å². The number of carbonyl (C=O) groups is 1. The molecule has 0 radical (unpaired) electrons. The minimum absolute atomic E-state index is 0.275. The van der Waals surface area contributed by atoms with Crippen LogP contribution in [0.4, 0.5) is 4.79 Å². The van der Waals surface area contributed by atoms with Crippen molar-refractivity contribution in [3.63, 3.8) is 0 Å². The van der Waals surface area contributed by atoms with E-state index in [0.717, 1.165) is 18.4 Å². The predicted octanol–water partition coefficient (Wildman–Crippen LogP) is 3.15. The van der Waals surface area contributed by atoms with E-state index in [2.05, 4.69) is 5.16 Å². The van der Waals surface area contributed by atoms with Crippen LogP contribution < -0.4 is 5.76 Å². The van der Waals surface area contributed by atoms with Crippen molar-refractivity contribution in [3.05, 3.63) is 40.9 Å². The molecule has 0 N–H and O–H groups in total. The average molecular weight is 359 g/mol. The van der Waals surface area contributed by atoms with Crippen molar-refractivity contribution in [2.45, 2.75) is 45.8 Å². The van der Waals surface area contributed by atoms with Crippen molar-refractivity contribution in [1.82, 2.24) is 14.6 Å². The molecule has 1 aliphatic heterocycles. The summed E-state index contributed by atoms with van der Waals surface area (Å²) in [6.45, 7) is 7.37. The molecule has 7 nitrogen and oxygen atoms in total. The lowest BCUT2D eigenvalue weighted by atomic mass is 9.97. The molecule has 2 aromatic rings. The highest BCUT2D eigenvalue weighted by Crippen LogP contribution is 2.23. The smallest absolute Gasteiger partial charge is 0.441 e. The second-order valence-electron chi connectivity index (χ2n) is 7.66. The zero-order valence-electron chi connectivity index (χ0n) is 15.5. The van der Waals surface area contributed by atoms with E-state index in [0.29, 0.717) is 25.5 Å². The number of hydrogen-bond donors (Lipinski definition) is 0. The fraction of sp³-hybridized carbons (Fsp3) is 0.526. The number of amides is 1. The van der Waals surface area contributed by atoms with E-state index in [1.165, 1.54) is 0 Å². The molecule has 0 unspecified atom stereocenters. The van der Waals surface area contributed by atoms with Gasteiger partial charge in [-0.1, -0.05) is 35.5 Å². The van der Waals surface area contributed by atoms with Gasteiger partial charge >= 0.3 is 11.8 Å². The summed E-state index contributed by atoms with van der Waals surface area (Å²) >= 11 is 0. The van der Waals surface area contributed by atoms with Gasteiger partial charge in [0.05, 0.1) is 0 Å². The molecule has 26 heavy (non-hydrogen) atoms. The van der Waals surface area contributed by atoms with Crippen LogP contribution in [-0.4, -0.2) is 39.4 Å². The number of rotatable bonds is 3. The molecule has 0 aliphatic carbocycles. The monoisotopic (exact) mass is 359 g/mol. The Morgan fingerprint density at radius 3 is 2.50 bits per heavy atom. The van der Waals surface area contributed by atoms with E-state index in [9.17, 15) is 9.59 Å². The second kappa shape index (κ2) is 7.35. The summed E-state index contributed by atoms with van der Waals surface area (Å²) in [6, 6.07) is 9.52. The Balaban J connectivity index is 1.63. The summed E-state index contributed by atoms with van der Waals surface area (Å²) in [7, 11) is 0. The van der Waals surface area contributed by atoms with Gasteiger partial charge in [-0.05, 0) is 39.5 Å². The standard InChI is InChI=1S/C19H25N3O4/c1-19(2,3)25-17(23)21-11-9-14(10-12-21)13-22-16(20-26-18(22)24)15-7-5-4-6-8-15/h4-8,14H,9-13H2,1-3H3. The Morgan fingerprint density at radius 2 is 1.88 bits per heavy atom. The van der Waals surface area contributed by atoms with Crippen LogP contribution in [0, 0.1) is 5.92 Å². The van der Waals surface area contributed by atoms with E-state index in [4.69, 9.17) is 9.26 Å². The largest absolute Gasteiger partial charge is 0.444 e. The molecule has 1 saturated heterocycles. The summed E-state index contributed by atoms with van der Waals surface area (Å²) in [5, 5.41) is 3.93. The SMILES string of the molecule is CC(C)(C)OC(=O)N1CCC(Cn2c(-c3ccccc3)noc2=O)CC1. The average Bonchev–Trinajstić information content (AvgIpc) is 2.95. The van der Waals surface area contributed by atoms with Crippen LogP contribution >= 0.6 is 0 Å². The van der Waals surface area contributed by atoms with Gasteiger partial charge in [0.15, 0.2) is 5.82 Å². The molecule has 2 heterocycles. The summed E-state index contributed by atoms with van der Waals surface area (Å²) in [5.41, 5.74) is 0.360. The van der Waals surface area contributed by atoms with Crippen molar-refractivity contribution in [3.8, 4) is 11.4 Å². The molecule has 7 heteroatoms. The summed E-state index contributed by atoms with van der Waals surface area (Å²) in [5.74, 6) is 0.386. The van der Waals surface area contributed by atoms with Crippen LogP contribution in [0.5, 0.6) is 0 Å². The van der Waals surface area contributed by atoms with Gasteiger partial charge in [-0.3, -0.25) is 9.09 Å². The van der Waals surface area contributed by atoms with Crippen LogP contribution in [0.1, 0.15) is 33.6 Å². The second-order valence-corrected chi connectivity index (χ2v) is 7.66. The number of ether oxygens (including phenoxy) is 1. The third-order valence-corrected chi connectivity index (χ3v) is 4.43. The quantitative estimate of drug-likeness (QED) is 0.841. The van der Waals surface area contributed by atoms with Crippen LogP contribution in [0.3, 0.4) is 0 Å². The lowest BCUT2D eigenvalue weighted by molar-refractivity contribution is 0.0177. The van der Waals surface area contributed by atoms with Crippen LogP contribution in [0.2, 0.25) is 0 Å². The lowest BCUT2D eigenvalue weighted by Crippen LogP contribution is -2.42. The Bertz CT molecular complexity index is 796. The maximum atomic E-state index is 12.2. The summed E-state index contributed by atoms with van der Waals surface area (Å²) < 4.78 is 11.9. The molecule has 3 rings (SSSR count). The molecular formula is C19H25N3O4. The number of likely N-dealkylation sites (tertiary alicyclic amines) is 1. The molecule has 1 aromatic carbocycles. The van der Waals surface area contributed by atoms with Crippen molar-refractivity contribution < 1.29 is 14.1 Å². The lowest BCUT2D eigenvalue weighted by Gasteiger charge is -2.33. The number of nitrogens with zero attached hydrogens (tertiary/aromatic N) is 3. The number of hydrogen-bond acceptors (Lipinski definition) is 5. The number of carbonyl (C=O) groups excluding carboxylic acids is 1. The summed E-state index contributed by atoms with van der Waals surface area (Å²) in [6.07, 6.45) is 1.35. The zero-order valence-corrected chi connectivity index (χ0v) is 15.5. The highest BCUT2D eigenvalue weighted by molar-refractivity contribution is 5.68. The summed E-state index contributed by atoms with van der Waals surface area (Å²) in [4.78, 5) is 26.0. The van der Waals surface area contributed by atoms with E-state index in [1.54, 1.807) is 9.47 Å². The third kappa shape index (κ3) is 4.33. The molecule has 1 aromatic heterocycles.